The van der Waals surface area contributed by atoms with Crippen LogP contribution in [0.3, 0.4) is 0 Å². The first kappa shape index (κ1) is 16.5. The van der Waals surface area contributed by atoms with Crippen molar-refractivity contribution in [1.29, 1.82) is 0 Å². The summed E-state index contributed by atoms with van der Waals surface area (Å²) < 4.78 is 26.0. The van der Waals surface area contributed by atoms with Crippen molar-refractivity contribution in [3.8, 4) is 0 Å². The van der Waals surface area contributed by atoms with Gasteiger partial charge in [-0.15, -0.1) is 0 Å². The van der Waals surface area contributed by atoms with Gasteiger partial charge < -0.3 is 4.90 Å². The van der Waals surface area contributed by atoms with E-state index >= 15 is 0 Å². The van der Waals surface area contributed by atoms with Crippen LogP contribution in [0.4, 0.5) is 5.69 Å². The first-order valence-electron chi connectivity index (χ1n) is 6.16. The Morgan fingerprint density at radius 1 is 1.21 bits per heavy atom. The molecular formula is C13H21BrN2O2S. The molecule has 0 aliphatic carbocycles. The number of alkyl halides is 1. The van der Waals surface area contributed by atoms with Crippen LogP contribution in [0.15, 0.2) is 29.2 Å². The zero-order valence-electron chi connectivity index (χ0n) is 11.8. The Balaban J connectivity index is 3.37. The second-order valence-corrected chi connectivity index (χ2v) is 7.64. The summed E-state index contributed by atoms with van der Waals surface area (Å²) in [4.78, 5) is 2.44. The van der Waals surface area contributed by atoms with Crippen molar-refractivity contribution < 1.29 is 8.42 Å². The summed E-state index contributed by atoms with van der Waals surface area (Å²) in [6.07, 6.45) is 0. The molecular weight excluding hydrogens is 328 g/mol. The summed E-state index contributed by atoms with van der Waals surface area (Å²) in [5.74, 6) is 0. The van der Waals surface area contributed by atoms with Crippen molar-refractivity contribution in [2.45, 2.75) is 24.8 Å². The van der Waals surface area contributed by atoms with Crippen molar-refractivity contribution in [3.05, 3.63) is 24.3 Å². The molecule has 0 heterocycles. The molecule has 0 amide bonds. The quantitative estimate of drug-likeness (QED) is 0.741. The van der Waals surface area contributed by atoms with Crippen LogP contribution < -0.4 is 4.90 Å². The van der Waals surface area contributed by atoms with Crippen LogP contribution in [-0.2, 0) is 10.0 Å². The maximum atomic E-state index is 12.4. The molecule has 0 aromatic heterocycles. The van der Waals surface area contributed by atoms with Gasteiger partial charge in [0.05, 0.1) is 5.69 Å². The predicted molar refractivity (Wildman–Crippen MR) is 83.6 cm³/mol. The van der Waals surface area contributed by atoms with Crippen molar-refractivity contribution >= 4 is 31.6 Å². The third-order valence-corrected chi connectivity index (χ3v) is 5.10. The maximum absolute atomic E-state index is 12.4. The standard InChI is InChI=1S/C13H21BrN2O2S/c1-11(2)16(10-9-14)12-7-5-6-8-13(12)19(17,18)15(3)4/h5-8,11H,9-10H2,1-4H3. The van der Waals surface area contributed by atoms with Gasteiger partial charge in [0.2, 0.25) is 10.0 Å². The fourth-order valence-corrected chi connectivity index (χ4v) is 3.33. The zero-order chi connectivity index (χ0) is 14.6. The van der Waals surface area contributed by atoms with E-state index in [9.17, 15) is 8.42 Å². The molecule has 0 fully saturated rings. The van der Waals surface area contributed by atoms with Crippen LogP contribution in [0, 0.1) is 0 Å². The molecule has 0 atom stereocenters. The number of para-hydroxylation sites is 1. The van der Waals surface area contributed by atoms with E-state index in [4.69, 9.17) is 0 Å². The van der Waals surface area contributed by atoms with Crippen molar-refractivity contribution in [1.82, 2.24) is 4.31 Å². The molecule has 0 aliphatic heterocycles. The lowest BCUT2D eigenvalue weighted by Gasteiger charge is -2.30. The van der Waals surface area contributed by atoms with Gasteiger partial charge in [0, 0.05) is 32.0 Å². The molecule has 0 saturated carbocycles. The summed E-state index contributed by atoms with van der Waals surface area (Å²) in [5.41, 5.74) is 0.755. The van der Waals surface area contributed by atoms with E-state index in [0.717, 1.165) is 17.6 Å². The van der Waals surface area contributed by atoms with Crippen LogP contribution in [0.2, 0.25) is 0 Å². The molecule has 4 nitrogen and oxygen atoms in total. The van der Waals surface area contributed by atoms with E-state index in [2.05, 4.69) is 34.7 Å². The van der Waals surface area contributed by atoms with E-state index in [1.807, 2.05) is 12.1 Å². The highest BCUT2D eigenvalue weighted by atomic mass is 79.9. The Morgan fingerprint density at radius 3 is 2.26 bits per heavy atom. The van der Waals surface area contributed by atoms with E-state index in [0.29, 0.717) is 4.90 Å². The molecule has 1 aromatic rings. The maximum Gasteiger partial charge on any atom is 0.244 e. The largest absolute Gasteiger partial charge is 0.367 e. The van der Waals surface area contributed by atoms with Gasteiger partial charge in [-0.2, -0.15) is 0 Å². The Hall–Kier alpha value is -0.590. The van der Waals surface area contributed by atoms with E-state index in [1.165, 1.54) is 4.31 Å². The van der Waals surface area contributed by atoms with Crippen LogP contribution in [-0.4, -0.2) is 44.7 Å². The van der Waals surface area contributed by atoms with Gasteiger partial charge in [0.25, 0.3) is 0 Å². The van der Waals surface area contributed by atoms with Crippen molar-refractivity contribution in [2.75, 3.05) is 30.9 Å². The molecule has 0 spiro atoms. The van der Waals surface area contributed by atoms with Gasteiger partial charge in [-0.1, -0.05) is 28.1 Å². The van der Waals surface area contributed by atoms with E-state index in [-0.39, 0.29) is 6.04 Å². The number of hydrogen-bond donors (Lipinski definition) is 0. The highest BCUT2D eigenvalue weighted by Gasteiger charge is 2.24. The molecule has 0 bridgehead atoms. The minimum atomic E-state index is -3.43. The van der Waals surface area contributed by atoms with E-state index < -0.39 is 10.0 Å². The fourth-order valence-electron chi connectivity index (χ4n) is 1.86. The second-order valence-electron chi connectivity index (χ2n) is 4.73. The summed E-state index contributed by atoms with van der Waals surface area (Å²) in [5, 5.41) is 0.793. The lowest BCUT2D eigenvalue weighted by atomic mass is 10.2. The highest BCUT2D eigenvalue weighted by Crippen LogP contribution is 2.28. The van der Waals surface area contributed by atoms with Crippen LogP contribution >= 0.6 is 15.9 Å². The molecule has 6 heteroatoms. The topological polar surface area (TPSA) is 40.6 Å². The first-order chi connectivity index (χ1) is 8.82. The summed E-state index contributed by atoms with van der Waals surface area (Å²) in [6.45, 7) is 4.88. The minimum Gasteiger partial charge on any atom is -0.367 e. The van der Waals surface area contributed by atoms with E-state index in [1.54, 1.807) is 26.2 Å². The van der Waals surface area contributed by atoms with Gasteiger partial charge in [-0.05, 0) is 26.0 Å². The molecule has 1 aromatic carbocycles. The van der Waals surface area contributed by atoms with Gasteiger partial charge >= 0.3 is 0 Å². The number of halogens is 1. The lowest BCUT2D eigenvalue weighted by molar-refractivity contribution is 0.520. The third kappa shape index (κ3) is 3.70. The van der Waals surface area contributed by atoms with Gasteiger partial charge in [0.15, 0.2) is 0 Å². The van der Waals surface area contributed by atoms with Crippen molar-refractivity contribution in [2.24, 2.45) is 0 Å². The number of sulfonamides is 1. The van der Waals surface area contributed by atoms with Gasteiger partial charge in [-0.25, -0.2) is 12.7 Å². The molecule has 0 aliphatic rings. The molecule has 0 radical (unpaired) electrons. The normalized spacial score (nSPS) is 12.2. The molecule has 0 unspecified atom stereocenters. The third-order valence-electron chi connectivity index (χ3n) is 2.88. The Morgan fingerprint density at radius 2 is 1.79 bits per heavy atom. The average Bonchev–Trinajstić information content (AvgIpc) is 2.35. The average molecular weight is 349 g/mol. The molecule has 108 valence electrons. The second kappa shape index (κ2) is 6.72. The summed E-state index contributed by atoms with van der Waals surface area (Å²) >= 11 is 3.42. The van der Waals surface area contributed by atoms with Gasteiger partial charge in [0.1, 0.15) is 4.90 Å². The van der Waals surface area contributed by atoms with Crippen molar-refractivity contribution in [3.63, 3.8) is 0 Å². The number of anilines is 1. The molecule has 1 rings (SSSR count). The highest BCUT2D eigenvalue weighted by molar-refractivity contribution is 9.09. The van der Waals surface area contributed by atoms with Gasteiger partial charge in [-0.3, -0.25) is 0 Å². The predicted octanol–water partition coefficient (Wildman–Crippen LogP) is 2.55. The van der Waals surface area contributed by atoms with Crippen LogP contribution in [0.25, 0.3) is 0 Å². The Kier molecular flexibility index (Phi) is 5.82. The fraction of sp³-hybridized carbons (Fsp3) is 0.538. The number of nitrogens with zero attached hydrogens (tertiary/aromatic N) is 2. The summed E-state index contributed by atoms with van der Waals surface area (Å²) in [6, 6.07) is 7.38. The lowest BCUT2D eigenvalue weighted by Crippen LogP contribution is -2.34. The number of hydrogen-bond acceptors (Lipinski definition) is 3. The smallest absolute Gasteiger partial charge is 0.244 e. The zero-order valence-corrected chi connectivity index (χ0v) is 14.2. The number of rotatable bonds is 6. The molecule has 0 saturated heterocycles. The minimum absolute atomic E-state index is 0.232. The summed E-state index contributed by atoms with van der Waals surface area (Å²) in [7, 11) is -0.324. The number of benzene rings is 1. The molecule has 19 heavy (non-hydrogen) atoms. The Bertz CT molecular complexity index is 515. The first-order valence-corrected chi connectivity index (χ1v) is 8.72. The Labute approximate surface area is 124 Å². The van der Waals surface area contributed by atoms with Crippen LogP contribution in [0.5, 0.6) is 0 Å². The van der Waals surface area contributed by atoms with Crippen LogP contribution in [0.1, 0.15) is 13.8 Å². The SMILES string of the molecule is CC(C)N(CCBr)c1ccccc1S(=O)(=O)N(C)C. The molecule has 0 N–H and O–H groups in total. The monoisotopic (exact) mass is 348 g/mol.